The van der Waals surface area contributed by atoms with E-state index in [-0.39, 0.29) is 0 Å². The van der Waals surface area contributed by atoms with E-state index in [1.54, 1.807) is 0 Å². The number of hydrogen-bond acceptors (Lipinski definition) is 2. The SMILES string of the molecule is CCc1c(C)nn(C(C)CNc2ccccc2)c1C. The van der Waals surface area contributed by atoms with E-state index in [1.165, 1.54) is 11.3 Å². The molecule has 0 spiro atoms. The smallest absolute Gasteiger partial charge is 0.0666 e. The minimum atomic E-state index is 0.346. The lowest BCUT2D eigenvalue weighted by molar-refractivity contribution is 0.497. The molecule has 0 aliphatic carbocycles. The standard InChI is InChI=1S/C16H23N3/c1-5-16-13(3)18-19(14(16)4)12(2)11-17-15-9-7-6-8-10-15/h6-10,12,17H,5,11H2,1-4H3. The van der Waals surface area contributed by atoms with Gasteiger partial charge >= 0.3 is 0 Å². The van der Waals surface area contributed by atoms with Crippen LogP contribution in [0, 0.1) is 13.8 Å². The van der Waals surface area contributed by atoms with Gasteiger partial charge in [-0.25, -0.2) is 0 Å². The average Bonchev–Trinajstić information content (AvgIpc) is 2.72. The number of hydrogen-bond donors (Lipinski definition) is 1. The Morgan fingerprint density at radius 1 is 1.21 bits per heavy atom. The van der Waals surface area contributed by atoms with Gasteiger partial charge in [0.2, 0.25) is 0 Å². The van der Waals surface area contributed by atoms with E-state index in [0.717, 1.165) is 24.3 Å². The maximum Gasteiger partial charge on any atom is 0.0666 e. The van der Waals surface area contributed by atoms with E-state index < -0.39 is 0 Å². The number of anilines is 1. The first-order chi connectivity index (χ1) is 9.13. The molecule has 1 heterocycles. The maximum atomic E-state index is 4.67. The Bertz CT molecular complexity index is 528. The van der Waals surface area contributed by atoms with Crippen molar-refractivity contribution >= 4 is 5.69 Å². The van der Waals surface area contributed by atoms with E-state index >= 15 is 0 Å². The van der Waals surface area contributed by atoms with Crippen molar-refractivity contribution in [3.8, 4) is 0 Å². The Kier molecular flexibility index (Phi) is 4.25. The third-order valence-electron chi connectivity index (χ3n) is 3.62. The van der Waals surface area contributed by atoms with Crippen LogP contribution in [0.4, 0.5) is 5.69 Å². The minimum absolute atomic E-state index is 0.346. The molecule has 1 unspecified atom stereocenters. The van der Waals surface area contributed by atoms with Crippen LogP contribution in [0.3, 0.4) is 0 Å². The first-order valence-corrected chi connectivity index (χ1v) is 6.97. The summed E-state index contributed by atoms with van der Waals surface area (Å²) in [5.74, 6) is 0. The van der Waals surface area contributed by atoms with E-state index in [4.69, 9.17) is 0 Å². The molecule has 3 heteroatoms. The summed E-state index contributed by atoms with van der Waals surface area (Å²) >= 11 is 0. The van der Waals surface area contributed by atoms with Gasteiger partial charge in [-0.05, 0) is 44.9 Å². The van der Waals surface area contributed by atoms with Gasteiger partial charge in [0.25, 0.3) is 0 Å². The van der Waals surface area contributed by atoms with Crippen molar-refractivity contribution in [3.05, 3.63) is 47.3 Å². The molecule has 3 nitrogen and oxygen atoms in total. The summed E-state index contributed by atoms with van der Waals surface area (Å²) in [6, 6.07) is 10.6. The third-order valence-corrected chi connectivity index (χ3v) is 3.62. The van der Waals surface area contributed by atoms with E-state index in [2.05, 4.69) is 54.9 Å². The maximum absolute atomic E-state index is 4.67. The molecule has 0 radical (unpaired) electrons. The van der Waals surface area contributed by atoms with Crippen LogP contribution in [0.15, 0.2) is 30.3 Å². The van der Waals surface area contributed by atoms with Crippen LogP contribution in [0.2, 0.25) is 0 Å². The summed E-state index contributed by atoms with van der Waals surface area (Å²) in [4.78, 5) is 0. The molecular weight excluding hydrogens is 234 g/mol. The van der Waals surface area contributed by atoms with Crippen molar-refractivity contribution < 1.29 is 0 Å². The molecule has 2 rings (SSSR count). The lowest BCUT2D eigenvalue weighted by atomic mass is 10.1. The molecule has 1 atom stereocenters. The van der Waals surface area contributed by atoms with Gasteiger partial charge in [0, 0.05) is 17.9 Å². The summed E-state index contributed by atoms with van der Waals surface area (Å²) in [5.41, 5.74) is 4.99. The van der Waals surface area contributed by atoms with Gasteiger partial charge in [0.05, 0.1) is 11.7 Å². The van der Waals surface area contributed by atoms with Crippen LogP contribution in [-0.2, 0) is 6.42 Å². The second kappa shape index (κ2) is 5.91. The molecule has 1 aromatic heterocycles. The van der Waals surface area contributed by atoms with Crippen molar-refractivity contribution in [2.24, 2.45) is 0 Å². The minimum Gasteiger partial charge on any atom is -0.383 e. The highest BCUT2D eigenvalue weighted by Crippen LogP contribution is 2.18. The number of para-hydroxylation sites is 1. The lowest BCUT2D eigenvalue weighted by Gasteiger charge is -2.16. The molecule has 1 N–H and O–H groups in total. The molecule has 0 saturated heterocycles. The highest BCUT2D eigenvalue weighted by atomic mass is 15.3. The zero-order valence-corrected chi connectivity index (χ0v) is 12.3. The second-order valence-corrected chi connectivity index (χ2v) is 5.04. The zero-order valence-electron chi connectivity index (χ0n) is 12.3. The highest BCUT2D eigenvalue weighted by Gasteiger charge is 2.14. The summed E-state index contributed by atoms with van der Waals surface area (Å²) < 4.78 is 2.14. The Morgan fingerprint density at radius 2 is 1.89 bits per heavy atom. The van der Waals surface area contributed by atoms with Gasteiger partial charge in [-0.2, -0.15) is 5.10 Å². The van der Waals surface area contributed by atoms with E-state index in [1.807, 2.05) is 18.2 Å². The second-order valence-electron chi connectivity index (χ2n) is 5.04. The van der Waals surface area contributed by atoms with E-state index in [9.17, 15) is 0 Å². The Labute approximate surface area is 115 Å². The van der Waals surface area contributed by atoms with Gasteiger partial charge in [0.15, 0.2) is 0 Å². The highest BCUT2D eigenvalue weighted by molar-refractivity contribution is 5.42. The van der Waals surface area contributed by atoms with Crippen LogP contribution in [0.25, 0.3) is 0 Å². The van der Waals surface area contributed by atoms with Crippen LogP contribution in [-0.4, -0.2) is 16.3 Å². The number of benzene rings is 1. The van der Waals surface area contributed by atoms with Crippen molar-refractivity contribution in [3.63, 3.8) is 0 Å². The average molecular weight is 257 g/mol. The monoisotopic (exact) mass is 257 g/mol. The molecule has 0 bridgehead atoms. The molecule has 2 aromatic rings. The summed E-state index contributed by atoms with van der Waals surface area (Å²) in [5, 5.41) is 8.13. The Balaban J connectivity index is 2.06. The molecule has 19 heavy (non-hydrogen) atoms. The third kappa shape index (κ3) is 2.98. The fourth-order valence-electron chi connectivity index (χ4n) is 2.55. The molecule has 0 amide bonds. The van der Waals surface area contributed by atoms with Gasteiger partial charge in [-0.3, -0.25) is 4.68 Å². The Morgan fingerprint density at radius 3 is 2.47 bits per heavy atom. The predicted octanol–water partition coefficient (Wildman–Crippen LogP) is 3.74. The predicted molar refractivity (Wildman–Crippen MR) is 80.7 cm³/mol. The van der Waals surface area contributed by atoms with Crippen molar-refractivity contribution in [2.45, 2.75) is 40.2 Å². The Hall–Kier alpha value is -1.77. The van der Waals surface area contributed by atoms with E-state index in [0.29, 0.717) is 6.04 Å². The van der Waals surface area contributed by atoms with Crippen molar-refractivity contribution in [1.29, 1.82) is 0 Å². The fraction of sp³-hybridized carbons (Fsp3) is 0.438. The lowest BCUT2D eigenvalue weighted by Crippen LogP contribution is -2.18. The first kappa shape index (κ1) is 13.7. The van der Waals surface area contributed by atoms with Gasteiger partial charge in [0.1, 0.15) is 0 Å². The number of nitrogens with zero attached hydrogens (tertiary/aromatic N) is 2. The number of rotatable bonds is 5. The van der Waals surface area contributed by atoms with Crippen LogP contribution in [0.1, 0.15) is 36.8 Å². The summed E-state index contributed by atoms with van der Waals surface area (Å²) in [6.45, 7) is 9.54. The summed E-state index contributed by atoms with van der Waals surface area (Å²) in [7, 11) is 0. The number of aryl methyl sites for hydroxylation is 1. The summed E-state index contributed by atoms with van der Waals surface area (Å²) in [6.07, 6.45) is 1.05. The molecule has 1 aromatic carbocycles. The molecule has 0 aliphatic heterocycles. The van der Waals surface area contributed by atoms with Crippen LogP contribution < -0.4 is 5.32 Å². The van der Waals surface area contributed by atoms with Crippen molar-refractivity contribution in [1.82, 2.24) is 9.78 Å². The number of aromatic nitrogens is 2. The quantitative estimate of drug-likeness (QED) is 0.884. The molecular formula is C16H23N3. The molecule has 0 fully saturated rings. The molecule has 102 valence electrons. The van der Waals surface area contributed by atoms with Gasteiger partial charge in [-0.1, -0.05) is 25.1 Å². The van der Waals surface area contributed by atoms with Gasteiger partial charge in [-0.15, -0.1) is 0 Å². The first-order valence-electron chi connectivity index (χ1n) is 6.97. The normalized spacial score (nSPS) is 12.4. The van der Waals surface area contributed by atoms with Crippen LogP contribution in [0.5, 0.6) is 0 Å². The largest absolute Gasteiger partial charge is 0.383 e. The zero-order chi connectivity index (χ0) is 13.8. The van der Waals surface area contributed by atoms with Gasteiger partial charge < -0.3 is 5.32 Å². The van der Waals surface area contributed by atoms with Crippen molar-refractivity contribution in [2.75, 3.05) is 11.9 Å². The molecule has 0 aliphatic rings. The fourth-order valence-corrected chi connectivity index (χ4v) is 2.55. The topological polar surface area (TPSA) is 29.9 Å². The molecule has 0 saturated carbocycles. The number of nitrogens with one attached hydrogen (secondary N) is 1. The van der Waals surface area contributed by atoms with Crippen LogP contribution >= 0.6 is 0 Å².